The van der Waals surface area contributed by atoms with Gasteiger partial charge < -0.3 is 14.8 Å². The molecule has 0 aliphatic heterocycles. The van der Waals surface area contributed by atoms with E-state index in [0.29, 0.717) is 16.9 Å². The molecule has 1 aromatic heterocycles. The van der Waals surface area contributed by atoms with Crippen LogP contribution in [0.15, 0.2) is 53.2 Å². The zero-order chi connectivity index (χ0) is 17.7. The molecule has 0 fully saturated rings. The smallest absolute Gasteiger partial charge is 0.416 e. The molecule has 1 aromatic carbocycles. The Morgan fingerprint density at radius 2 is 2.08 bits per heavy atom. The molecule has 0 spiro atoms. The molecule has 0 bridgehead atoms. The maximum Gasteiger partial charge on any atom is 0.416 e. The van der Waals surface area contributed by atoms with Crippen molar-refractivity contribution in [3.05, 3.63) is 65.6 Å². The van der Waals surface area contributed by atoms with Crippen LogP contribution in [0.3, 0.4) is 0 Å². The number of aliphatic hydroxyl groups is 1. The van der Waals surface area contributed by atoms with E-state index in [1.54, 1.807) is 12.1 Å². The second kappa shape index (κ2) is 7.35. The third-order valence-corrected chi connectivity index (χ3v) is 3.38. The number of halogens is 3. The number of aliphatic hydroxyl groups excluding tert-OH is 1. The van der Waals surface area contributed by atoms with Gasteiger partial charge in [-0.1, -0.05) is 12.1 Å². The lowest BCUT2D eigenvalue weighted by Gasteiger charge is -2.13. The fourth-order valence-corrected chi connectivity index (χ4v) is 2.13. The van der Waals surface area contributed by atoms with Crippen LogP contribution in [0.5, 0.6) is 0 Å². The number of hydrogen-bond donors (Lipinski definition) is 2. The lowest BCUT2D eigenvalue weighted by Crippen LogP contribution is -2.29. The first kappa shape index (κ1) is 17.8. The van der Waals surface area contributed by atoms with Crippen LogP contribution in [0.1, 0.15) is 29.9 Å². The van der Waals surface area contributed by atoms with Gasteiger partial charge in [-0.2, -0.15) is 13.2 Å². The molecule has 2 aromatic rings. The standard InChI is InChI=1S/C17H16F3NO3/c1-11(12-4-2-5-13(9-12)17(18,19)20)8-16(23)21-14(10-22)15-6-3-7-24-15/h2-9,14,22H,10H2,1H3,(H,21,23)/b11-8-. The molecular weight excluding hydrogens is 323 g/mol. The summed E-state index contributed by atoms with van der Waals surface area (Å²) in [7, 11) is 0. The summed E-state index contributed by atoms with van der Waals surface area (Å²) in [4.78, 5) is 12.0. The second-order valence-corrected chi connectivity index (χ2v) is 5.17. The first-order valence-corrected chi connectivity index (χ1v) is 7.12. The van der Waals surface area contributed by atoms with Crippen molar-refractivity contribution in [2.75, 3.05) is 6.61 Å². The molecule has 2 rings (SSSR count). The molecule has 0 aliphatic rings. The Hall–Kier alpha value is -2.54. The van der Waals surface area contributed by atoms with Gasteiger partial charge in [-0.3, -0.25) is 4.79 Å². The molecule has 0 saturated carbocycles. The Morgan fingerprint density at radius 3 is 2.67 bits per heavy atom. The fraction of sp³-hybridized carbons (Fsp3) is 0.235. The number of furan rings is 1. The van der Waals surface area contributed by atoms with Gasteiger partial charge in [-0.05, 0) is 42.3 Å². The monoisotopic (exact) mass is 339 g/mol. The topological polar surface area (TPSA) is 62.5 Å². The highest BCUT2D eigenvalue weighted by molar-refractivity contribution is 5.95. The molecule has 1 atom stereocenters. The molecule has 0 saturated heterocycles. The number of nitrogens with one attached hydrogen (secondary N) is 1. The predicted molar refractivity (Wildman–Crippen MR) is 81.8 cm³/mol. The highest BCUT2D eigenvalue weighted by Crippen LogP contribution is 2.30. The quantitative estimate of drug-likeness (QED) is 0.819. The van der Waals surface area contributed by atoms with Crippen LogP contribution in [0.25, 0.3) is 5.57 Å². The Balaban J connectivity index is 2.14. The Labute approximate surface area is 136 Å². The molecule has 1 heterocycles. The number of allylic oxidation sites excluding steroid dienone is 1. The summed E-state index contributed by atoms with van der Waals surface area (Å²) in [6, 6.07) is 7.22. The Bertz CT molecular complexity index is 721. The molecule has 7 heteroatoms. The minimum atomic E-state index is -4.44. The maximum atomic E-state index is 12.7. The molecular formula is C17H16F3NO3. The van der Waals surface area contributed by atoms with E-state index in [-0.39, 0.29) is 6.61 Å². The molecule has 2 N–H and O–H groups in total. The van der Waals surface area contributed by atoms with Crippen LogP contribution >= 0.6 is 0 Å². The lowest BCUT2D eigenvalue weighted by molar-refractivity contribution is -0.137. The lowest BCUT2D eigenvalue weighted by atomic mass is 10.0. The summed E-state index contributed by atoms with van der Waals surface area (Å²) in [5.41, 5.74) is -0.120. The summed E-state index contributed by atoms with van der Waals surface area (Å²) >= 11 is 0. The van der Waals surface area contributed by atoms with E-state index in [2.05, 4.69) is 5.32 Å². The zero-order valence-electron chi connectivity index (χ0n) is 12.8. The van der Waals surface area contributed by atoms with Crippen LogP contribution in [0.4, 0.5) is 13.2 Å². The highest BCUT2D eigenvalue weighted by atomic mass is 19.4. The average molecular weight is 339 g/mol. The minimum absolute atomic E-state index is 0.290. The molecule has 1 amide bonds. The predicted octanol–water partition coefficient (Wildman–Crippen LogP) is 3.55. The summed E-state index contributed by atoms with van der Waals surface area (Å²) in [6.45, 7) is 1.17. The summed E-state index contributed by atoms with van der Waals surface area (Å²) in [5.74, 6) is -0.156. The van der Waals surface area contributed by atoms with Crippen molar-refractivity contribution in [3.8, 4) is 0 Å². The molecule has 24 heavy (non-hydrogen) atoms. The normalized spacial score (nSPS) is 13.6. The summed E-state index contributed by atoms with van der Waals surface area (Å²) in [5, 5.41) is 11.8. The molecule has 0 aliphatic carbocycles. The van der Waals surface area contributed by atoms with Crippen molar-refractivity contribution in [2.45, 2.75) is 19.1 Å². The van der Waals surface area contributed by atoms with E-state index in [1.165, 1.54) is 31.4 Å². The van der Waals surface area contributed by atoms with Crippen molar-refractivity contribution in [3.63, 3.8) is 0 Å². The van der Waals surface area contributed by atoms with E-state index in [4.69, 9.17) is 4.42 Å². The van der Waals surface area contributed by atoms with Gasteiger partial charge in [-0.15, -0.1) is 0 Å². The van der Waals surface area contributed by atoms with Gasteiger partial charge in [0.15, 0.2) is 0 Å². The van der Waals surface area contributed by atoms with Crippen LogP contribution in [-0.4, -0.2) is 17.6 Å². The van der Waals surface area contributed by atoms with Crippen LogP contribution in [0, 0.1) is 0 Å². The Kier molecular flexibility index (Phi) is 5.46. The van der Waals surface area contributed by atoms with Gasteiger partial charge in [0, 0.05) is 6.08 Å². The van der Waals surface area contributed by atoms with Crippen molar-refractivity contribution in [1.82, 2.24) is 5.32 Å². The van der Waals surface area contributed by atoms with Gasteiger partial charge in [0.05, 0.1) is 18.4 Å². The largest absolute Gasteiger partial charge is 0.467 e. The van der Waals surface area contributed by atoms with Gasteiger partial charge in [0.2, 0.25) is 5.91 Å². The maximum absolute atomic E-state index is 12.7. The number of amides is 1. The SMILES string of the molecule is C/C(=C/C(=O)NC(CO)c1ccco1)c1cccc(C(F)(F)F)c1. The van der Waals surface area contributed by atoms with E-state index in [0.717, 1.165) is 12.1 Å². The van der Waals surface area contributed by atoms with Gasteiger partial charge in [0.1, 0.15) is 11.8 Å². The van der Waals surface area contributed by atoms with Gasteiger partial charge >= 0.3 is 6.18 Å². The minimum Gasteiger partial charge on any atom is -0.467 e. The van der Waals surface area contributed by atoms with Crippen LogP contribution < -0.4 is 5.32 Å². The summed E-state index contributed by atoms with van der Waals surface area (Å²) < 4.78 is 43.3. The summed E-state index contributed by atoms with van der Waals surface area (Å²) in [6.07, 6.45) is -1.85. The average Bonchev–Trinajstić information content (AvgIpc) is 3.06. The van der Waals surface area contributed by atoms with Crippen molar-refractivity contribution >= 4 is 11.5 Å². The molecule has 0 radical (unpaired) electrons. The van der Waals surface area contributed by atoms with E-state index in [9.17, 15) is 23.1 Å². The number of alkyl halides is 3. The Morgan fingerprint density at radius 1 is 1.33 bits per heavy atom. The van der Waals surface area contributed by atoms with Gasteiger partial charge in [0.25, 0.3) is 0 Å². The van der Waals surface area contributed by atoms with E-state index >= 15 is 0 Å². The van der Waals surface area contributed by atoms with E-state index in [1.807, 2.05) is 0 Å². The van der Waals surface area contributed by atoms with Crippen molar-refractivity contribution in [1.29, 1.82) is 0 Å². The third kappa shape index (κ3) is 4.48. The molecule has 4 nitrogen and oxygen atoms in total. The first-order chi connectivity index (χ1) is 11.3. The zero-order valence-corrected chi connectivity index (χ0v) is 12.8. The highest BCUT2D eigenvalue weighted by Gasteiger charge is 2.30. The molecule has 128 valence electrons. The van der Waals surface area contributed by atoms with E-state index < -0.39 is 23.7 Å². The van der Waals surface area contributed by atoms with Gasteiger partial charge in [-0.25, -0.2) is 0 Å². The van der Waals surface area contributed by atoms with Crippen LogP contribution in [-0.2, 0) is 11.0 Å². The number of rotatable bonds is 5. The number of carbonyl (C=O) groups excluding carboxylic acids is 1. The van der Waals surface area contributed by atoms with Crippen molar-refractivity contribution in [2.24, 2.45) is 0 Å². The first-order valence-electron chi connectivity index (χ1n) is 7.12. The van der Waals surface area contributed by atoms with Crippen LogP contribution in [0.2, 0.25) is 0 Å². The van der Waals surface area contributed by atoms with Crippen molar-refractivity contribution < 1.29 is 27.5 Å². The fourth-order valence-electron chi connectivity index (χ4n) is 2.13. The molecule has 1 unspecified atom stereocenters. The number of carbonyl (C=O) groups is 1. The number of benzene rings is 1. The number of hydrogen-bond acceptors (Lipinski definition) is 3. The second-order valence-electron chi connectivity index (χ2n) is 5.17. The third-order valence-electron chi connectivity index (χ3n) is 3.38.